The third-order valence-electron chi connectivity index (χ3n) is 6.33. The first-order valence-corrected chi connectivity index (χ1v) is 12.7. The summed E-state index contributed by atoms with van der Waals surface area (Å²) in [5, 5.41) is 9.39. The summed E-state index contributed by atoms with van der Waals surface area (Å²) in [4.78, 5) is 16.4. The van der Waals surface area contributed by atoms with Crippen molar-refractivity contribution in [3.05, 3.63) is 78.4 Å². The molecule has 1 aliphatic heterocycles. The van der Waals surface area contributed by atoms with E-state index in [2.05, 4.69) is 67.3 Å². The number of nitrogens with zero attached hydrogens (tertiary/aromatic N) is 1. The second-order valence-corrected chi connectivity index (χ2v) is 9.74. The summed E-state index contributed by atoms with van der Waals surface area (Å²) in [5.74, 6) is 0.225. The average molecular weight is 490 g/mol. The van der Waals surface area contributed by atoms with Gasteiger partial charge in [0, 0.05) is 16.3 Å². The van der Waals surface area contributed by atoms with Gasteiger partial charge in [0.2, 0.25) is 5.60 Å². The number of fused-ring (bicyclic) bond motifs is 2. The van der Waals surface area contributed by atoms with Crippen LogP contribution < -0.4 is 14.4 Å². The Bertz CT molecular complexity index is 1240. The minimum absolute atomic E-state index is 0.370. The van der Waals surface area contributed by atoms with Gasteiger partial charge >= 0.3 is 5.97 Å². The topological polar surface area (TPSA) is 59.0 Å². The quantitative estimate of drug-likeness (QED) is 0.337. The predicted molar refractivity (Wildman–Crippen MR) is 142 cm³/mol. The highest BCUT2D eigenvalue weighted by Gasteiger charge is 2.33. The highest BCUT2D eigenvalue weighted by molar-refractivity contribution is 7.99. The van der Waals surface area contributed by atoms with Crippen LogP contribution in [0, 0.1) is 0 Å². The molecule has 1 N–H and O–H groups in total. The molecule has 4 rings (SSSR count). The first-order chi connectivity index (χ1) is 16.8. The van der Waals surface area contributed by atoms with E-state index in [1.165, 1.54) is 26.7 Å². The van der Waals surface area contributed by atoms with E-state index in [-0.39, 0.29) is 0 Å². The van der Waals surface area contributed by atoms with Crippen molar-refractivity contribution in [3.8, 4) is 11.5 Å². The summed E-state index contributed by atoms with van der Waals surface area (Å²) < 4.78 is 11.6. The molecule has 1 atom stereocenters. The first kappa shape index (κ1) is 24.7. The van der Waals surface area contributed by atoms with Gasteiger partial charge in [-0.05, 0) is 92.9 Å². The molecular weight excluding hydrogens is 458 g/mol. The van der Waals surface area contributed by atoms with Crippen LogP contribution in [0.5, 0.6) is 11.5 Å². The number of hydrogen-bond donors (Lipinski definition) is 1. The highest BCUT2D eigenvalue weighted by atomic mass is 32.2. The van der Waals surface area contributed by atoms with E-state index in [1.54, 1.807) is 38.1 Å². The van der Waals surface area contributed by atoms with Gasteiger partial charge in [-0.25, -0.2) is 4.79 Å². The number of rotatable bonds is 9. The molecule has 1 aliphatic rings. The van der Waals surface area contributed by atoms with Gasteiger partial charge in [0.15, 0.2) is 0 Å². The fraction of sp³-hybridized carbons (Fsp3) is 0.276. The number of ether oxygens (including phenoxy) is 2. The zero-order valence-corrected chi connectivity index (χ0v) is 21.4. The third-order valence-corrected chi connectivity index (χ3v) is 7.46. The molecule has 0 saturated heterocycles. The van der Waals surface area contributed by atoms with Gasteiger partial charge in [-0.2, -0.15) is 0 Å². The number of hydrogen-bond acceptors (Lipinski definition) is 5. The monoisotopic (exact) mass is 489 g/mol. The number of aliphatic carboxylic acids is 1. The molecule has 0 aliphatic carbocycles. The summed E-state index contributed by atoms with van der Waals surface area (Å²) in [6.45, 7) is 8.98. The molecular formula is C29H31NO4S. The van der Waals surface area contributed by atoms with Crippen LogP contribution in [-0.4, -0.2) is 29.8 Å². The lowest BCUT2D eigenvalue weighted by Crippen LogP contribution is -2.40. The van der Waals surface area contributed by atoms with Crippen LogP contribution in [0.2, 0.25) is 0 Å². The maximum Gasteiger partial charge on any atom is 0.347 e. The van der Waals surface area contributed by atoms with Gasteiger partial charge in [-0.3, -0.25) is 0 Å². The van der Waals surface area contributed by atoms with Crippen LogP contribution >= 0.6 is 11.8 Å². The molecule has 3 aromatic carbocycles. The summed E-state index contributed by atoms with van der Waals surface area (Å²) in [6.07, 6.45) is 2.44. The third kappa shape index (κ3) is 5.33. The van der Waals surface area contributed by atoms with Gasteiger partial charge < -0.3 is 19.5 Å². The molecule has 3 aromatic rings. The summed E-state index contributed by atoms with van der Waals surface area (Å²) in [7, 11) is 0. The summed E-state index contributed by atoms with van der Waals surface area (Å²) in [5.41, 5.74) is 3.56. The Morgan fingerprint density at radius 3 is 2.37 bits per heavy atom. The molecule has 6 heteroatoms. The summed E-state index contributed by atoms with van der Waals surface area (Å²) >= 11 is 1.82. The Balaban J connectivity index is 1.42. The molecule has 0 amide bonds. The Morgan fingerprint density at radius 2 is 1.69 bits per heavy atom. The van der Waals surface area contributed by atoms with Crippen LogP contribution in [0.3, 0.4) is 0 Å². The molecule has 5 nitrogen and oxygen atoms in total. The number of para-hydroxylation sites is 1. The molecule has 35 heavy (non-hydrogen) atoms. The summed E-state index contributed by atoms with van der Waals surface area (Å²) in [6, 6.07) is 22.2. The largest absolute Gasteiger partial charge is 0.490 e. The number of anilines is 2. The second-order valence-electron chi connectivity index (χ2n) is 8.66. The van der Waals surface area contributed by atoms with Crippen LogP contribution in [0.4, 0.5) is 11.4 Å². The van der Waals surface area contributed by atoms with Crippen molar-refractivity contribution in [2.45, 2.75) is 49.5 Å². The zero-order valence-electron chi connectivity index (χ0n) is 20.6. The van der Waals surface area contributed by atoms with E-state index >= 15 is 0 Å². The smallest absolute Gasteiger partial charge is 0.347 e. The molecule has 0 aromatic heterocycles. The fourth-order valence-electron chi connectivity index (χ4n) is 3.93. The Hall–Kier alpha value is -3.38. The molecule has 0 radical (unpaired) electrons. The average Bonchev–Trinajstić information content (AvgIpc) is 2.87. The van der Waals surface area contributed by atoms with Crippen LogP contribution in [-0.2, 0) is 4.79 Å². The molecule has 0 spiro atoms. The minimum atomic E-state index is -1.24. The van der Waals surface area contributed by atoms with Gasteiger partial charge in [0.05, 0.1) is 11.4 Å². The second kappa shape index (κ2) is 10.5. The van der Waals surface area contributed by atoms with Gasteiger partial charge in [0.25, 0.3) is 0 Å². The van der Waals surface area contributed by atoms with E-state index < -0.39 is 11.6 Å². The Morgan fingerprint density at radius 1 is 1.00 bits per heavy atom. The van der Waals surface area contributed by atoms with Crippen molar-refractivity contribution in [2.24, 2.45) is 0 Å². The maximum atomic E-state index is 11.5. The standard InChI is InChI=1S/C29H31NO4S/c1-5-29(4,28(31)32)34-23-14-12-22(13-15-23)33-18-17-20(3)21-11-16-27-25(19-21)30(6-2)24-9-7-8-10-26(24)35-27/h7-17,19H,5-6,18H2,1-4H3,(H,31,32)/b20-17-. The van der Waals surface area contributed by atoms with Crippen molar-refractivity contribution < 1.29 is 19.4 Å². The van der Waals surface area contributed by atoms with Crippen LogP contribution in [0.25, 0.3) is 5.57 Å². The number of allylic oxidation sites excluding steroid dienone is 1. The number of carboxylic acid groups (broad SMARTS) is 1. The van der Waals surface area contributed by atoms with Crippen molar-refractivity contribution in [1.82, 2.24) is 0 Å². The normalized spacial score (nSPS) is 14.5. The molecule has 0 fully saturated rings. The highest BCUT2D eigenvalue weighted by Crippen LogP contribution is 2.48. The molecule has 1 unspecified atom stereocenters. The maximum absolute atomic E-state index is 11.5. The van der Waals surface area contributed by atoms with Gasteiger partial charge in [-0.15, -0.1) is 0 Å². The number of benzene rings is 3. The van der Waals surface area contributed by atoms with E-state index in [9.17, 15) is 9.90 Å². The Kier molecular flexibility index (Phi) is 7.41. The van der Waals surface area contributed by atoms with E-state index in [0.29, 0.717) is 24.5 Å². The van der Waals surface area contributed by atoms with E-state index in [4.69, 9.17) is 9.47 Å². The minimum Gasteiger partial charge on any atom is -0.490 e. The molecule has 1 heterocycles. The van der Waals surface area contributed by atoms with E-state index in [0.717, 1.165) is 12.1 Å². The lowest BCUT2D eigenvalue weighted by atomic mass is 10.0. The molecule has 0 bridgehead atoms. The van der Waals surface area contributed by atoms with Crippen LogP contribution in [0.15, 0.2) is 82.6 Å². The number of carbonyl (C=O) groups is 1. The van der Waals surface area contributed by atoms with Crippen molar-refractivity contribution in [2.75, 3.05) is 18.1 Å². The van der Waals surface area contributed by atoms with Crippen molar-refractivity contribution in [3.63, 3.8) is 0 Å². The van der Waals surface area contributed by atoms with Gasteiger partial charge in [-0.1, -0.05) is 36.9 Å². The fourth-order valence-corrected chi connectivity index (χ4v) is 5.00. The van der Waals surface area contributed by atoms with E-state index in [1.807, 2.05) is 11.8 Å². The predicted octanol–water partition coefficient (Wildman–Crippen LogP) is 7.42. The first-order valence-electron chi connectivity index (χ1n) is 11.9. The number of carboxylic acids is 1. The Labute approximate surface area is 211 Å². The van der Waals surface area contributed by atoms with Gasteiger partial charge in [0.1, 0.15) is 18.1 Å². The SMILES string of the molecule is CCN1c2ccccc2Sc2ccc(/C(C)=C\COc3ccc(OC(C)(CC)C(=O)O)cc3)cc21. The van der Waals surface area contributed by atoms with Crippen molar-refractivity contribution in [1.29, 1.82) is 0 Å². The lowest BCUT2D eigenvalue weighted by molar-refractivity contribution is -0.154. The van der Waals surface area contributed by atoms with Crippen molar-refractivity contribution >= 4 is 34.7 Å². The lowest BCUT2D eigenvalue weighted by Gasteiger charge is -2.32. The van der Waals surface area contributed by atoms with Crippen LogP contribution in [0.1, 0.15) is 39.7 Å². The molecule has 0 saturated carbocycles. The zero-order chi connectivity index (χ0) is 25.0. The molecule has 182 valence electrons.